The summed E-state index contributed by atoms with van der Waals surface area (Å²) in [7, 11) is 1.55. The molecule has 1 aromatic carbocycles. The number of aromatic nitrogens is 1. The number of carbonyl (C=O) groups is 2. The summed E-state index contributed by atoms with van der Waals surface area (Å²) in [6.07, 6.45) is 0.520. The zero-order valence-electron chi connectivity index (χ0n) is 16.1. The van der Waals surface area contributed by atoms with Gasteiger partial charge in [0.05, 0.1) is 21.7 Å². The molecule has 0 spiro atoms. The lowest BCUT2D eigenvalue weighted by atomic mass is 10.1. The van der Waals surface area contributed by atoms with Crippen LogP contribution in [0, 0.1) is 0 Å². The molecule has 1 fully saturated rings. The minimum absolute atomic E-state index is 0.0995. The fraction of sp³-hybridized carbons (Fsp3) is 0.421. The second kappa shape index (κ2) is 9.25. The third-order valence-electron chi connectivity index (χ3n) is 4.75. The molecule has 2 amide bonds. The Hall–Kier alpha value is -2.27. The van der Waals surface area contributed by atoms with Crippen molar-refractivity contribution in [1.82, 2.24) is 4.98 Å². The van der Waals surface area contributed by atoms with Gasteiger partial charge in [-0.15, -0.1) is 11.8 Å². The number of anilines is 2. The first-order valence-electron chi connectivity index (χ1n) is 9.21. The average Bonchev–Trinajstić information content (AvgIpc) is 3.38. The van der Waals surface area contributed by atoms with E-state index in [0.29, 0.717) is 15.0 Å². The predicted octanol–water partition coefficient (Wildman–Crippen LogP) is 5.34. The molecular formula is C19H20F3N3O3S2. The number of alkyl halides is 3. The van der Waals surface area contributed by atoms with Gasteiger partial charge in [-0.2, -0.15) is 13.2 Å². The SMILES string of the molecule is CN(C(=O)N(c1ccc(C(F)(F)F)cc1)C1CCCC1)c1ncc(SCC(=O)O)s1. The quantitative estimate of drug-likeness (QED) is 0.590. The number of carbonyl (C=O) groups excluding carboxylic acids is 1. The van der Waals surface area contributed by atoms with Crippen LogP contribution in [0.15, 0.2) is 34.7 Å². The number of carboxylic acids is 1. The van der Waals surface area contributed by atoms with Crippen LogP contribution in [0.4, 0.5) is 28.8 Å². The van der Waals surface area contributed by atoms with Gasteiger partial charge in [-0.25, -0.2) is 9.78 Å². The van der Waals surface area contributed by atoms with Crippen molar-refractivity contribution in [2.24, 2.45) is 0 Å². The number of benzene rings is 1. The highest BCUT2D eigenvalue weighted by Crippen LogP contribution is 2.35. The Kier molecular flexibility index (Phi) is 6.91. The van der Waals surface area contributed by atoms with E-state index in [-0.39, 0.29) is 17.8 Å². The maximum absolute atomic E-state index is 13.3. The Labute approximate surface area is 179 Å². The molecule has 0 saturated heterocycles. The Morgan fingerprint density at radius 1 is 1.23 bits per heavy atom. The highest BCUT2D eigenvalue weighted by Gasteiger charge is 2.33. The number of urea groups is 1. The summed E-state index contributed by atoms with van der Waals surface area (Å²) in [6.45, 7) is 0. The van der Waals surface area contributed by atoms with E-state index in [1.54, 1.807) is 11.9 Å². The van der Waals surface area contributed by atoms with E-state index < -0.39 is 17.7 Å². The van der Waals surface area contributed by atoms with E-state index in [1.165, 1.54) is 34.6 Å². The summed E-state index contributed by atoms with van der Waals surface area (Å²) in [5.41, 5.74) is -0.359. The van der Waals surface area contributed by atoms with E-state index in [0.717, 1.165) is 49.6 Å². The van der Waals surface area contributed by atoms with Crippen molar-refractivity contribution >= 4 is 45.9 Å². The van der Waals surface area contributed by atoms with Crippen LogP contribution >= 0.6 is 23.1 Å². The molecule has 6 nitrogen and oxygen atoms in total. The van der Waals surface area contributed by atoms with Crippen LogP contribution in [-0.4, -0.2) is 40.9 Å². The normalized spacial score (nSPS) is 14.7. The minimum Gasteiger partial charge on any atom is -0.481 e. The first-order chi connectivity index (χ1) is 14.2. The Morgan fingerprint density at radius 2 is 1.87 bits per heavy atom. The molecule has 1 aliphatic rings. The van der Waals surface area contributed by atoms with Crippen LogP contribution in [0.5, 0.6) is 0 Å². The van der Waals surface area contributed by atoms with E-state index in [1.807, 2.05) is 0 Å². The van der Waals surface area contributed by atoms with Crippen LogP contribution in [0.2, 0.25) is 0 Å². The van der Waals surface area contributed by atoms with Crippen molar-refractivity contribution in [2.75, 3.05) is 22.6 Å². The van der Waals surface area contributed by atoms with Gasteiger partial charge in [0.15, 0.2) is 5.13 Å². The van der Waals surface area contributed by atoms with E-state index >= 15 is 0 Å². The summed E-state index contributed by atoms with van der Waals surface area (Å²) in [5.74, 6) is -1.06. The van der Waals surface area contributed by atoms with Gasteiger partial charge in [0.25, 0.3) is 0 Å². The number of hydrogen-bond acceptors (Lipinski definition) is 5. The molecule has 162 valence electrons. The summed E-state index contributed by atoms with van der Waals surface area (Å²) < 4.78 is 39.4. The van der Waals surface area contributed by atoms with Crippen LogP contribution in [0.1, 0.15) is 31.2 Å². The van der Waals surface area contributed by atoms with Crippen molar-refractivity contribution < 1.29 is 27.9 Å². The molecule has 0 atom stereocenters. The fourth-order valence-electron chi connectivity index (χ4n) is 3.30. The topological polar surface area (TPSA) is 73.7 Å². The molecule has 1 N–H and O–H groups in total. The number of amides is 2. The molecular weight excluding hydrogens is 439 g/mol. The Balaban J connectivity index is 1.83. The monoisotopic (exact) mass is 459 g/mol. The van der Waals surface area contributed by atoms with Crippen molar-refractivity contribution in [3.63, 3.8) is 0 Å². The second-order valence-corrected chi connectivity index (χ2v) is 9.12. The largest absolute Gasteiger partial charge is 0.481 e. The smallest absolute Gasteiger partial charge is 0.416 e. The average molecular weight is 460 g/mol. The van der Waals surface area contributed by atoms with Gasteiger partial charge in [0.2, 0.25) is 0 Å². The highest BCUT2D eigenvalue weighted by atomic mass is 32.2. The predicted molar refractivity (Wildman–Crippen MR) is 110 cm³/mol. The number of rotatable bonds is 6. The molecule has 1 heterocycles. The third kappa shape index (κ3) is 5.25. The number of carboxylic acid groups (broad SMARTS) is 1. The van der Waals surface area contributed by atoms with Gasteiger partial charge >= 0.3 is 18.2 Å². The lowest BCUT2D eigenvalue weighted by Crippen LogP contribution is -2.46. The van der Waals surface area contributed by atoms with Gasteiger partial charge in [-0.1, -0.05) is 24.2 Å². The van der Waals surface area contributed by atoms with Crippen LogP contribution < -0.4 is 9.80 Å². The molecule has 1 aliphatic carbocycles. The zero-order valence-corrected chi connectivity index (χ0v) is 17.7. The number of thioether (sulfide) groups is 1. The van der Waals surface area contributed by atoms with Crippen molar-refractivity contribution in [1.29, 1.82) is 0 Å². The Bertz CT molecular complexity index is 896. The first-order valence-corrected chi connectivity index (χ1v) is 11.0. The molecule has 3 rings (SSSR count). The van der Waals surface area contributed by atoms with Crippen LogP contribution in [-0.2, 0) is 11.0 Å². The highest BCUT2D eigenvalue weighted by molar-refractivity contribution is 8.01. The standard InChI is InChI=1S/C19H20F3N3O3S2/c1-24(17-23-10-16(30-17)29-11-15(26)27)18(28)25(13-4-2-3-5-13)14-8-6-12(7-9-14)19(20,21)22/h6-10,13H,2-5,11H2,1H3,(H,26,27). The molecule has 1 saturated carbocycles. The van der Waals surface area contributed by atoms with E-state index in [4.69, 9.17) is 5.11 Å². The first kappa shape index (κ1) is 22.4. The summed E-state index contributed by atoms with van der Waals surface area (Å²) in [6, 6.07) is 4.12. The number of aliphatic carboxylic acids is 1. The minimum atomic E-state index is -4.44. The van der Waals surface area contributed by atoms with Gasteiger partial charge < -0.3 is 5.11 Å². The number of thiazole rings is 1. The van der Waals surface area contributed by atoms with Crippen molar-refractivity contribution in [2.45, 2.75) is 42.1 Å². The lowest BCUT2D eigenvalue weighted by Gasteiger charge is -2.32. The maximum atomic E-state index is 13.3. The van der Waals surface area contributed by atoms with Crippen molar-refractivity contribution in [3.8, 4) is 0 Å². The molecule has 1 aromatic heterocycles. The number of hydrogen-bond donors (Lipinski definition) is 1. The third-order valence-corrected chi connectivity index (χ3v) is 7.01. The molecule has 2 aromatic rings. The van der Waals surface area contributed by atoms with Crippen molar-refractivity contribution in [3.05, 3.63) is 36.0 Å². The molecule has 0 radical (unpaired) electrons. The number of nitrogens with zero attached hydrogens (tertiary/aromatic N) is 3. The molecule has 0 unspecified atom stereocenters. The maximum Gasteiger partial charge on any atom is 0.416 e. The molecule has 0 aliphatic heterocycles. The fourth-order valence-corrected chi connectivity index (χ4v) is 4.93. The van der Waals surface area contributed by atoms with Gasteiger partial charge in [-0.3, -0.25) is 14.6 Å². The van der Waals surface area contributed by atoms with E-state index in [2.05, 4.69) is 4.98 Å². The zero-order chi connectivity index (χ0) is 21.9. The lowest BCUT2D eigenvalue weighted by molar-refractivity contribution is -0.137. The van der Waals surface area contributed by atoms with Crippen LogP contribution in [0.3, 0.4) is 0 Å². The molecule has 11 heteroatoms. The van der Waals surface area contributed by atoms with Gasteiger partial charge in [0.1, 0.15) is 0 Å². The van der Waals surface area contributed by atoms with E-state index in [9.17, 15) is 22.8 Å². The second-order valence-electron chi connectivity index (χ2n) is 6.84. The summed E-state index contributed by atoms with van der Waals surface area (Å²) in [5, 5.41) is 9.18. The van der Waals surface area contributed by atoms with Gasteiger partial charge in [0, 0.05) is 18.8 Å². The summed E-state index contributed by atoms with van der Waals surface area (Å²) >= 11 is 2.30. The van der Waals surface area contributed by atoms with Gasteiger partial charge in [-0.05, 0) is 37.1 Å². The number of halogens is 3. The molecule has 0 bridgehead atoms. The summed E-state index contributed by atoms with van der Waals surface area (Å²) in [4.78, 5) is 31.1. The Morgan fingerprint density at radius 3 is 2.43 bits per heavy atom. The molecule has 30 heavy (non-hydrogen) atoms. The van der Waals surface area contributed by atoms with Crippen LogP contribution in [0.25, 0.3) is 0 Å².